The minimum absolute atomic E-state index is 0.0983. The summed E-state index contributed by atoms with van der Waals surface area (Å²) < 4.78 is 0. The summed E-state index contributed by atoms with van der Waals surface area (Å²) in [5.41, 5.74) is 2.73. The Balaban J connectivity index is 2.12. The molecule has 0 aliphatic carbocycles. The number of hydrogen-bond donors (Lipinski definition) is 2. The van der Waals surface area contributed by atoms with Crippen molar-refractivity contribution in [3.8, 4) is 0 Å². The molecule has 2 unspecified atom stereocenters. The molecule has 0 saturated carbocycles. The maximum Gasteiger partial charge on any atom is 0.308 e. The van der Waals surface area contributed by atoms with E-state index in [2.05, 4.69) is 50.4 Å². The highest BCUT2D eigenvalue weighted by atomic mass is 16.4. The second kappa shape index (κ2) is 5.33. The van der Waals surface area contributed by atoms with Gasteiger partial charge in [-0.15, -0.1) is 0 Å². The fourth-order valence-corrected chi connectivity index (χ4v) is 2.78. The van der Waals surface area contributed by atoms with Crippen LogP contribution in [0.5, 0.6) is 0 Å². The lowest BCUT2D eigenvalue weighted by Gasteiger charge is -2.19. The maximum absolute atomic E-state index is 11.2. The number of carboxylic acids is 1. The minimum Gasteiger partial charge on any atom is -0.481 e. The van der Waals surface area contributed by atoms with Gasteiger partial charge in [-0.05, 0) is 23.0 Å². The first-order valence-corrected chi connectivity index (χ1v) is 6.89. The summed E-state index contributed by atoms with van der Waals surface area (Å²) >= 11 is 0. The monoisotopic (exact) mass is 261 g/mol. The standard InChI is InChI=1S/C16H23NO2/c1-16(2,3)8-11-4-6-12(7-5-11)13-9-17-10-14(13)15(18)19/h4-7,13-14,17H,8-10H2,1-3H3,(H,18,19). The lowest BCUT2D eigenvalue weighted by molar-refractivity contribution is -0.141. The Bertz CT molecular complexity index is 445. The van der Waals surface area contributed by atoms with Gasteiger partial charge in [0.1, 0.15) is 0 Å². The van der Waals surface area contributed by atoms with Gasteiger partial charge in [-0.2, -0.15) is 0 Å². The molecule has 0 amide bonds. The van der Waals surface area contributed by atoms with Crippen molar-refractivity contribution >= 4 is 5.97 Å². The van der Waals surface area contributed by atoms with Crippen molar-refractivity contribution in [2.45, 2.75) is 33.1 Å². The Hall–Kier alpha value is -1.35. The molecule has 19 heavy (non-hydrogen) atoms. The molecule has 1 aliphatic heterocycles. The maximum atomic E-state index is 11.2. The van der Waals surface area contributed by atoms with Gasteiger partial charge >= 0.3 is 5.97 Å². The van der Waals surface area contributed by atoms with Crippen LogP contribution in [-0.2, 0) is 11.2 Å². The predicted molar refractivity (Wildman–Crippen MR) is 76.3 cm³/mol. The van der Waals surface area contributed by atoms with E-state index in [1.807, 2.05) is 0 Å². The molecule has 2 atom stereocenters. The van der Waals surface area contributed by atoms with Gasteiger partial charge < -0.3 is 10.4 Å². The molecule has 1 fully saturated rings. The molecule has 0 bridgehead atoms. The number of hydrogen-bond acceptors (Lipinski definition) is 2. The van der Waals surface area contributed by atoms with Gasteiger partial charge in [0.25, 0.3) is 0 Å². The third-order valence-corrected chi connectivity index (χ3v) is 3.67. The van der Waals surface area contributed by atoms with Crippen molar-refractivity contribution in [2.24, 2.45) is 11.3 Å². The van der Waals surface area contributed by atoms with Gasteiger partial charge in [0.15, 0.2) is 0 Å². The van der Waals surface area contributed by atoms with Crippen LogP contribution >= 0.6 is 0 Å². The fourth-order valence-electron chi connectivity index (χ4n) is 2.78. The van der Waals surface area contributed by atoms with Gasteiger partial charge in [-0.1, -0.05) is 45.0 Å². The van der Waals surface area contributed by atoms with E-state index in [1.54, 1.807) is 0 Å². The molecule has 104 valence electrons. The molecule has 0 aromatic heterocycles. The molecule has 0 radical (unpaired) electrons. The van der Waals surface area contributed by atoms with Gasteiger partial charge in [0.2, 0.25) is 0 Å². The number of nitrogens with one attached hydrogen (secondary N) is 1. The quantitative estimate of drug-likeness (QED) is 0.879. The summed E-state index contributed by atoms with van der Waals surface area (Å²) in [6, 6.07) is 8.46. The molecule has 2 N–H and O–H groups in total. The first-order valence-electron chi connectivity index (χ1n) is 6.89. The van der Waals surface area contributed by atoms with Crippen LogP contribution < -0.4 is 5.32 Å². The van der Waals surface area contributed by atoms with Crippen molar-refractivity contribution in [2.75, 3.05) is 13.1 Å². The second-order valence-corrected chi connectivity index (χ2v) is 6.69. The van der Waals surface area contributed by atoms with Gasteiger partial charge in [0, 0.05) is 19.0 Å². The Morgan fingerprint density at radius 2 is 1.89 bits per heavy atom. The van der Waals surface area contributed by atoms with Gasteiger partial charge in [-0.3, -0.25) is 4.79 Å². The highest BCUT2D eigenvalue weighted by Gasteiger charge is 2.33. The zero-order chi connectivity index (χ0) is 14.0. The van der Waals surface area contributed by atoms with Crippen LogP contribution in [0.15, 0.2) is 24.3 Å². The normalized spacial score (nSPS) is 23.5. The first kappa shape index (κ1) is 14.1. The number of rotatable bonds is 3. The number of benzene rings is 1. The molecule has 0 spiro atoms. The Morgan fingerprint density at radius 3 is 2.42 bits per heavy atom. The van der Waals surface area contributed by atoms with Crippen LogP contribution in [0.25, 0.3) is 0 Å². The molecular formula is C16H23NO2. The van der Waals surface area contributed by atoms with E-state index in [1.165, 1.54) is 5.56 Å². The van der Waals surface area contributed by atoms with E-state index in [-0.39, 0.29) is 17.3 Å². The van der Waals surface area contributed by atoms with Crippen LogP contribution in [0.1, 0.15) is 37.8 Å². The molecule has 1 aliphatic rings. The van der Waals surface area contributed by atoms with Crippen LogP contribution in [-0.4, -0.2) is 24.2 Å². The lowest BCUT2D eigenvalue weighted by atomic mass is 9.85. The van der Waals surface area contributed by atoms with Crippen molar-refractivity contribution in [3.63, 3.8) is 0 Å². The average molecular weight is 261 g/mol. The van der Waals surface area contributed by atoms with Crippen LogP contribution in [0.4, 0.5) is 0 Å². The molecular weight excluding hydrogens is 238 g/mol. The van der Waals surface area contributed by atoms with Gasteiger partial charge in [0.05, 0.1) is 5.92 Å². The third kappa shape index (κ3) is 3.57. The molecule has 2 rings (SSSR count). The molecule has 1 aromatic carbocycles. The van der Waals surface area contributed by atoms with E-state index in [9.17, 15) is 9.90 Å². The van der Waals surface area contributed by atoms with Crippen LogP contribution in [0, 0.1) is 11.3 Å². The number of carbonyl (C=O) groups is 1. The van der Waals surface area contributed by atoms with Crippen molar-refractivity contribution in [3.05, 3.63) is 35.4 Å². The zero-order valence-corrected chi connectivity index (χ0v) is 11.9. The van der Waals surface area contributed by atoms with Crippen LogP contribution in [0.3, 0.4) is 0 Å². The van der Waals surface area contributed by atoms with E-state index >= 15 is 0 Å². The molecule has 3 heteroatoms. The smallest absolute Gasteiger partial charge is 0.308 e. The van der Waals surface area contributed by atoms with Crippen LogP contribution in [0.2, 0.25) is 0 Å². The highest BCUT2D eigenvalue weighted by molar-refractivity contribution is 5.72. The predicted octanol–water partition coefficient (Wildman–Crippen LogP) is 2.66. The fraction of sp³-hybridized carbons (Fsp3) is 0.562. The van der Waals surface area contributed by atoms with E-state index in [0.717, 1.165) is 18.5 Å². The second-order valence-electron chi connectivity index (χ2n) is 6.69. The van der Waals surface area contributed by atoms with E-state index < -0.39 is 5.97 Å². The molecule has 1 heterocycles. The summed E-state index contributed by atoms with van der Waals surface area (Å²) in [4.78, 5) is 11.2. The zero-order valence-electron chi connectivity index (χ0n) is 11.9. The summed E-state index contributed by atoms with van der Waals surface area (Å²) in [5, 5.41) is 12.4. The molecule has 3 nitrogen and oxygen atoms in total. The summed E-state index contributed by atoms with van der Waals surface area (Å²) in [6.07, 6.45) is 1.04. The average Bonchev–Trinajstić information content (AvgIpc) is 2.76. The van der Waals surface area contributed by atoms with E-state index in [4.69, 9.17) is 0 Å². The van der Waals surface area contributed by atoms with Gasteiger partial charge in [-0.25, -0.2) is 0 Å². The van der Waals surface area contributed by atoms with Crippen molar-refractivity contribution in [1.82, 2.24) is 5.32 Å². The minimum atomic E-state index is -0.700. The number of carboxylic acid groups (broad SMARTS) is 1. The third-order valence-electron chi connectivity index (χ3n) is 3.67. The summed E-state index contributed by atoms with van der Waals surface area (Å²) in [7, 11) is 0. The first-order chi connectivity index (χ1) is 8.87. The highest BCUT2D eigenvalue weighted by Crippen LogP contribution is 2.29. The van der Waals surface area contributed by atoms with Crippen molar-refractivity contribution < 1.29 is 9.90 Å². The summed E-state index contributed by atoms with van der Waals surface area (Å²) in [6.45, 7) is 8.01. The Kier molecular flexibility index (Phi) is 3.95. The SMILES string of the molecule is CC(C)(C)Cc1ccc(C2CNCC2C(=O)O)cc1. The lowest BCUT2D eigenvalue weighted by Crippen LogP contribution is -2.21. The Labute approximate surface area is 115 Å². The Morgan fingerprint density at radius 1 is 1.26 bits per heavy atom. The topological polar surface area (TPSA) is 49.3 Å². The van der Waals surface area contributed by atoms with Crippen molar-refractivity contribution in [1.29, 1.82) is 0 Å². The largest absolute Gasteiger partial charge is 0.481 e. The summed E-state index contributed by atoms with van der Waals surface area (Å²) in [5.74, 6) is -0.900. The number of aliphatic carboxylic acids is 1. The molecule has 1 saturated heterocycles. The molecule has 1 aromatic rings. The van der Waals surface area contributed by atoms with E-state index in [0.29, 0.717) is 6.54 Å².